The van der Waals surface area contributed by atoms with Crippen LogP contribution in [-0.4, -0.2) is 25.9 Å². The van der Waals surface area contributed by atoms with Crippen molar-refractivity contribution in [2.24, 2.45) is 5.41 Å². The third-order valence-corrected chi connectivity index (χ3v) is 5.88. The SMILES string of the molecule is CC1(C)Cc2c(cnn2-c2cccc(F)c2)[C@@H](NC(=O)c2cc(C3CC3)[nH]n2)C1. The molecule has 5 rings (SSSR count). The lowest BCUT2D eigenvalue weighted by Crippen LogP contribution is -2.37. The topological polar surface area (TPSA) is 75.6 Å². The van der Waals surface area contributed by atoms with E-state index in [1.807, 2.05) is 12.1 Å². The Kier molecular flexibility index (Phi) is 4.08. The summed E-state index contributed by atoms with van der Waals surface area (Å²) in [5.74, 6) is 0.0470. The number of aromatic nitrogens is 4. The van der Waals surface area contributed by atoms with Crippen molar-refractivity contribution in [3.8, 4) is 5.69 Å². The second-order valence-corrected chi connectivity index (χ2v) is 8.99. The second-order valence-electron chi connectivity index (χ2n) is 8.99. The molecule has 6 nitrogen and oxygen atoms in total. The van der Waals surface area contributed by atoms with Crippen LogP contribution in [0.2, 0.25) is 0 Å². The van der Waals surface area contributed by atoms with Crippen LogP contribution in [0.25, 0.3) is 5.69 Å². The Balaban J connectivity index is 1.45. The lowest BCUT2D eigenvalue weighted by atomic mass is 9.74. The van der Waals surface area contributed by atoms with E-state index in [2.05, 4.69) is 34.5 Å². The first-order valence-electron chi connectivity index (χ1n) is 10.1. The van der Waals surface area contributed by atoms with Crippen LogP contribution in [0.1, 0.15) is 72.5 Å². The fourth-order valence-electron chi connectivity index (χ4n) is 4.29. The summed E-state index contributed by atoms with van der Waals surface area (Å²) < 4.78 is 15.5. The van der Waals surface area contributed by atoms with Crippen LogP contribution in [0, 0.1) is 11.2 Å². The van der Waals surface area contributed by atoms with Crippen molar-refractivity contribution in [2.75, 3.05) is 0 Å². The fraction of sp³-hybridized carbons (Fsp3) is 0.409. The smallest absolute Gasteiger partial charge is 0.272 e. The molecule has 2 heterocycles. The highest BCUT2D eigenvalue weighted by molar-refractivity contribution is 5.92. The molecule has 2 aliphatic rings. The number of halogens is 1. The number of hydrogen-bond acceptors (Lipinski definition) is 3. The van der Waals surface area contributed by atoms with E-state index in [0.29, 0.717) is 17.3 Å². The molecule has 0 aliphatic heterocycles. The van der Waals surface area contributed by atoms with Gasteiger partial charge in [0.25, 0.3) is 5.91 Å². The van der Waals surface area contributed by atoms with Crippen LogP contribution in [0.15, 0.2) is 36.5 Å². The number of aromatic amines is 1. The molecule has 0 spiro atoms. The number of H-pyrrole nitrogens is 1. The summed E-state index contributed by atoms with van der Waals surface area (Å²) >= 11 is 0. The number of nitrogens with one attached hydrogen (secondary N) is 2. The number of amides is 1. The minimum atomic E-state index is -0.295. The summed E-state index contributed by atoms with van der Waals surface area (Å²) in [7, 11) is 0. The molecular formula is C22H24FN5O. The van der Waals surface area contributed by atoms with E-state index in [9.17, 15) is 9.18 Å². The van der Waals surface area contributed by atoms with Gasteiger partial charge in [-0.2, -0.15) is 10.2 Å². The summed E-state index contributed by atoms with van der Waals surface area (Å²) in [4.78, 5) is 12.8. The molecule has 1 aromatic carbocycles. The summed E-state index contributed by atoms with van der Waals surface area (Å²) in [5.41, 5.74) is 4.13. The molecule has 2 aliphatic carbocycles. The lowest BCUT2D eigenvalue weighted by Gasteiger charge is -2.35. The van der Waals surface area contributed by atoms with Gasteiger partial charge in [-0.05, 0) is 55.4 Å². The van der Waals surface area contributed by atoms with Gasteiger partial charge in [0.2, 0.25) is 0 Å². The number of hydrogen-bond donors (Lipinski definition) is 2. The van der Waals surface area contributed by atoms with Crippen molar-refractivity contribution >= 4 is 5.91 Å². The number of fused-ring (bicyclic) bond motifs is 1. The Bertz CT molecular complexity index is 1080. The molecule has 1 atom stereocenters. The van der Waals surface area contributed by atoms with Crippen LogP contribution in [-0.2, 0) is 6.42 Å². The van der Waals surface area contributed by atoms with Gasteiger partial charge in [0.1, 0.15) is 11.5 Å². The van der Waals surface area contributed by atoms with Crippen molar-refractivity contribution in [3.05, 3.63) is 65.0 Å². The van der Waals surface area contributed by atoms with Gasteiger partial charge in [0.05, 0.1) is 23.6 Å². The van der Waals surface area contributed by atoms with Crippen LogP contribution in [0.4, 0.5) is 4.39 Å². The molecule has 0 radical (unpaired) electrons. The fourth-order valence-corrected chi connectivity index (χ4v) is 4.29. The average molecular weight is 393 g/mol. The quantitative estimate of drug-likeness (QED) is 0.702. The zero-order chi connectivity index (χ0) is 20.2. The first-order valence-corrected chi connectivity index (χ1v) is 10.1. The molecule has 7 heteroatoms. The predicted octanol–water partition coefficient (Wildman–Crippen LogP) is 4.06. The number of nitrogens with zero attached hydrogens (tertiary/aromatic N) is 3. The molecule has 1 fully saturated rings. The Morgan fingerprint density at radius 1 is 1.31 bits per heavy atom. The monoisotopic (exact) mass is 393 g/mol. The minimum Gasteiger partial charge on any atom is -0.344 e. The Morgan fingerprint density at radius 3 is 2.90 bits per heavy atom. The van der Waals surface area contributed by atoms with E-state index in [1.165, 1.54) is 12.1 Å². The number of benzene rings is 1. The molecule has 2 aromatic heterocycles. The first kappa shape index (κ1) is 18.1. The van der Waals surface area contributed by atoms with Crippen molar-refractivity contribution in [1.29, 1.82) is 0 Å². The van der Waals surface area contributed by atoms with E-state index in [4.69, 9.17) is 0 Å². The van der Waals surface area contributed by atoms with Gasteiger partial charge >= 0.3 is 0 Å². The van der Waals surface area contributed by atoms with Gasteiger partial charge in [-0.1, -0.05) is 19.9 Å². The molecule has 0 unspecified atom stereocenters. The Labute approximate surface area is 168 Å². The van der Waals surface area contributed by atoms with E-state index < -0.39 is 0 Å². The summed E-state index contributed by atoms with van der Waals surface area (Å²) in [6.07, 6.45) is 5.71. The van der Waals surface area contributed by atoms with Crippen LogP contribution in [0.5, 0.6) is 0 Å². The zero-order valence-electron chi connectivity index (χ0n) is 16.6. The summed E-state index contributed by atoms with van der Waals surface area (Å²) in [5, 5.41) is 14.9. The van der Waals surface area contributed by atoms with Gasteiger partial charge < -0.3 is 5.32 Å². The first-order chi connectivity index (χ1) is 13.9. The van der Waals surface area contributed by atoms with Crippen molar-refractivity contribution in [3.63, 3.8) is 0 Å². The maximum atomic E-state index is 13.7. The molecule has 0 saturated heterocycles. The van der Waals surface area contributed by atoms with Crippen LogP contribution >= 0.6 is 0 Å². The predicted molar refractivity (Wildman–Crippen MR) is 106 cm³/mol. The van der Waals surface area contributed by atoms with Gasteiger partial charge in [0, 0.05) is 17.2 Å². The third-order valence-electron chi connectivity index (χ3n) is 5.88. The molecule has 1 amide bonds. The highest BCUT2D eigenvalue weighted by atomic mass is 19.1. The molecule has 150 valence electrons. The highest BCUT2D eigenvalue weighted by Gasteiger charge is 2.36. The number of carbonyl (C=O) groups is 1. The number of carbonyl (C=O) groups excluding carboxylic acids is 1. The largest absolute Gasteiger partial charge is 0.344 e. The van der Waals surface area contributed by atoms with E-state index in [1.54, 1.807) is 16.9 Å². The maximum absolute atomic E-state index is 13.7. The molecule has 3 aromatic rings. The Morgan fingerprint density at radius 2 is 2.14 bits per heavy atom. The molecule has 2 N–H and O–H groups in total. The van der Waals surface area contributed by atoms with Gasteiger partial charge in [-0.15, -0.1) is 0 Å². The summed E-state index contributed by atoms with van der Waals surface area (Å²) in [6, 6.07) is 8.12. The average Bonchev–Trinajstić information content (AvgIpc) is 3.23. The van der Waals surface area contributed by atoms with Crippen molar-refractivity contribution < 1.29 is 9.18 Å². The third kappa shape index (κ3) is 3.45. The highest BCUT2D eigenvalue weighted by Crippen LogP contribution is 2.42. The van der Waals surface area contributed by atoms with E-state index in [0.717, 1.165) is 42.6 Å². The standard InChI is InChI=1S/C22H24FN5O/c1-22(2)10-19(25-21(29)18-9-17(26-27-18)13-6-7-13)16-12-24-28(20(16)11-22)15-5-3-4-14(23)8-15/h3-5,8-9,12-13,19H,6-7,10-11H2,1-2H3,(H,25,29)(H,26,27)/t19-/m0/s1. The van der Waals surface area contributed by atoms with Gasteiger partial charge in [-0.25, -0.2) is 9.07 Å². The van der Waals surface area contributed by atoms with Crippen LogP contribution in [0.3, 0.4) is 0 Å². The lowest BCUT2D eigenvalue weighted by molar-refractivity contribution is 0.0914. The molecular weight excluding hydrogens is 369 g/mol. The van der Waals surface area contributed by atoms with Crippen LogP contribution < -0.4 is 5.32 Å². The van der Waals surface area contributed by atoms with Gasteiger partial charge in [-0.3, -0.25) is 9.89 Å². The van der Waals surface area contributed by atoms with Gasteiger partial charge in [0.15, 0.2) is 0 Å². The molecule has 29 heavy (non-hydrogen) atoms. The summed E-state index contributed by atoms with van der Waals surface area (Å²) in [6.45, 7) is 4.36. The zero-order valence-corrected chi connectivity index (χ0v) is 16.6. The van der Waals surface area contributed by atoms with E-state index in [-0.39, 0.29) is 23.2 Å². The van der Waals surface area contributed by atoms with E-state index >= 15 is 0 Å². The maximum Gasteiger partial charge on any atom is 0.272 e. The molecule has 0 bridgehead atoms. The second kappa shape index (κ2) is 6.54. The Hall–Kier alpha value is -2.96. The molecule has 1 saturated carbocycles. The normalized spacial score (nSPS) is 20.3. The minimum absolute atomic E-state index is 0.0270. The van der Waals surface area contributed by atoms with Crippen molar-refractivity contribution in [2.45, 2.75) is 51.5 Å². The number of rotatable bonds is 4. The van der Waals surface area contributed by atoms with Crippen molar-refractivity contribution in [1.82, 2.24) is 25.3 Å².